The van der Waals surface area contributed by atoms with Gasteiger partial charge in [0.05, 0.1) is 6.61 Å². The number of aliphatic hydroxyl groups excluding tert-OH is 1. The number of ether oxygens (including phenoxy) is 1. The van der Waals surface area contributed by atoms with Crippen molar-refractivity contribution in [3.63, 3.8) is 0 Å². The summed E-state index contributed by atoms with van der Waals surface area (Å²) in [6.45, 7) is 0.255. The van der Waals surface area contributed by atoms with Gasteiger partial charge >= 0.3 is 0 Å². The van der Waals surface area contributed by atoms with Crippen molar-refractivity contribution in [2.24, 2.45) is 0 Å². The minimum absolute atomic E-state index is 0.0146. The van der Waals surface area contributed by atoms with Gasteiger partial charge in [-0.25, -0.2) is 0 Å². The van der Waals surface area contributed by atoms with E-state index in [9.17, 15) is 4.79 Å². The molecule has 0 amide bonds. The molecule has 3 rings (SSSR count). The molecule has 0 atom stereocenters. The number of fused-ring (bicyclic) bond motifs is 1. The highest BCUT2D eigenvalue weighted by Gasteiger charge is 2.08. The van der Waals surface area contributed by atoms with E-state index in [2.05, 4.69) is 0 Å². The van der Waals surface area contributed by atoms with Crippen molar-refractivity contribution in [3.8, 4) is 28.4 Å². The maximum atomic E-state index is 11.4. The summed E-state index contributed by atoms with van der Waals surface area (Å²) in [5, 5.41) is 8.72. The predicted octanol–water partition coefficient (Wildman–Crippen LogP) is 2.78. The van der Waals surface area contributed by atoms with Gasteiger partial charge in [-0.15, -0.1) is 0 Å². The molecule has 4 heteroatoms. The number of rotatable bonds is 4. The molecule has 21 heavy (non-hydrogen) atoms. The first-order valence-electron chi connectivity index (χ1n) is 6.64. The standard InChI is InChI=1S/C17H14O4/c18-9-10-20-15-6-2-12(3-7-15)16-8-4-13-1-5-14(19)11-17(13)21-16/h1-8,11,18H,9-10H2. The molecule has 0 radical (unpaired) electrons. The van der Waals surface area contributed by atoms with Crippen molar-refractivity contribution < 1.29 is 14.3 Å². The Labute approximate surface area is 121 Å². The fraction of sp³-hybridized carbons (Fsp3) is 0.118. The zero-order valence-electron chi connectivity index (χ0n) is 11.3. The zero-order chi connectivity index (χ0) is 14.7. The highest BCUT2D eigenvalue weighted by Crippen LogP contribution is 2.28. The van der Waals surface area contributed by atoms with E-state index in [0.717, 1.165) is 11.1 Å². The molecule has 0 saturated carbocycles. The van der Waals surface area contributed by atoms with E-state index in [4.69, 9.17) is 14.3 Å². The lowest BCUT2D eigenvalue weighted by Crippen LogP contribution is -2.01. The third-order valence-corrected chi connectivity index (χ3v) is 3.12. The van der Waals surface area contributed by atoms with Gasteiger partial charge in [0, 0.05) is 17.2 Å². The lowest BCUT2D eigenvalue weighted by Gasteiger charge is -2.08. The summed E-state index contributed by atoms with van der Waals surface area (Å²) in [4.78, 5) is 11.4. The van der Waals surface area contributed by atoms with E-state index in [1.807, 2.05) is 36.4 Å². The first-order valence-corrected chi connectivity index (χ1v) is 6.64. The van der Waals surface area contributed by atoms with Crippen LogP contribution < -0.4 is 10.2 Å². The molecule has 1 heterocycles. The van der Waals surface area contributed by atoms with E-state index in [1.54, 1.807) is 6.07 Å². The molecule has 1 aliphatic carbocycles. The average molecular weight is 282 g/mol. The molecule has 0 spiro atoms. The number of aliphatic hydroxyl groups is 1. The fourth-order valence-electron chi connectivity index (χ4n) is 2.09. The first-order chi connectivity index (χ1) is 10.3. The Kier molecular flexibility index (Phi) is 3.71. The molecular formula is C17H14O4. The molecule has 1 aliphatic heterocycles. The molecule has 1 N–H and O–H groups in total. The van der Waals surface area contributed by atoms with Crippen LogP contribution in [0.25, 0.3) is 22.6 Å². The van der Waals surface area contributed by atoms with Crippen LogP contribution >= 0.6 is 0 Å². The third kappa shape index (κ3) is 2.95. The average Bonchev–Trinajstić information content (AvgIpc) is 2.52. The normalized spacial score (nSPS) is 10.7. The number of benzene rings is 2. The molecule has 0 saturated heterocycles. The maximum Gasteiger partial charge on any atom is 0.182 e. The predicted molar refractivity (Wildman–Crippen MR) is 79.6 cm³/mol. The van der Waals surface area contributed by atoms with E-state index in [0.29, 0.717) is 17.3 Å². The number of hydrogen-bond acceptors (Lipinski definition) is 4. The van der Waals surface area contributed by atoms with Gasteiger partial charge in [-0.3, -0.25) is 4.79 Å². The maximum absolute atomic E-state index is 11.4. The summed E-state index contributed by atoms with van der Waals surface area (Å²) in [6, 6.07) is 15.9. The molecule has 1 aromatic rings. The molecule has 0 aromatic heterocycles. The Morgan fingerprint density at radius 3 is 2.33 bits per heavy atom. The minimum Gasteiger partial charge on any atom is -0.491 e. The smallest absolute Gasteiger partial charge is 0.182 e. The second-order valence-corrected chi connectivity index (χ2v) is 4.60. The molecule has 4 nitrogen and oxygen atoms in total. The lowest BCUT2D eigenvalue weighted by atomic mass is 10.1. The Bertz CT molecular complexity index is 758. The van der Waals surface area contributed by atoms with Crippen molar-refractivity contribution in [1.82, 2.24) is 0 Å². The van der Waals surface area contributed by atoms with Gasteiger partial charge in [-0.2, -0.15) is 0 Å². The van der Waals surface area contributed by atoms with Gasteiger partial charge in [-0.05, 0) is 48.5 Å². The van der Waals surface area contributed by atoms with Crippen molar-refractivity contribution in [1.29, 1.82) is 0 Å². The van der Waals surface area contributed by atoms with Crippen LogP contribution in [0.5, 0.6) is 5.75 Å². The van der Waals surface area contributed by atoms with Gasteiger partial charge < -0.3 is 14.3 Å². The van der Waals surface area contributed by atoms with Crippen molar-refractivity contribution in [2.75, 3.05) is 13.2 Å². The summed E-state index contributed by atoms with van der Waals surface area (Å²) >= 11 is 0. The fourth-order valence-corrected chi connectivity index (χ4v) is 2.09. The van der Waals surface area contributed by atoms with Crippen LogP contribution in [0.4, 0.5) is 0 Å². The van der Waals surface area contributed by atoms with Gasteiger partial charge in [0.15, 0.2) is 5.43 Å². The summed E-state index contributed by atoms with van der Waals surface area (Å²) in [5.41, 5.74) is 1.71. The molecular weight excluding hydrogens is 268 g/mol. The Morgan fingerprint density at radius 2 is 1.57 bits per heavy atom. The van der Waals surface area contributed by atoms with Crippen molar-refractivity contribution >= 4 is 0 Å². The van der Waals surface area contributed by atoms with Crippen LogP contribution in [-0.4, -0.2) is 18.3 Å². The summed E-state index contributed by atoms with van der Waals surface area (Å²) in [5.74, 6) is 1.94. The zero-order valence-corrected chi connectivity index (χ0v) is 11.3. The van der Waals surface area contributed by atoms with Crippen LogP contribution in [0.15, 0.2) is 63.8 Å². The molecule has 106 valence electrons. The minimum atomic E-state index is -0.0730. The largest absolute Gasteiger partial charge is 0.491 e. The van der Waals surface area contributed by atoms with E-state index in [1.165, 1.54) is 12.1 Å². The Morgan fingerprint density at radius 1 is 0.905 bits per heavy atom. The van der Waals surface area contributed by atoms with Crippen LogP contribution in [0.2, 0.25) is 0 Å². The topological polar surface area (TPSA) is 59.7 Å². The van der Waals surface area contributed by atoms with Crippen LogP contribution in [-0.2, 0) is 0 Å². The lowest BCUT2D eigenvalue weighted by molar-refractivity contribution is 0.201. The second kappa shape index (κ2) is 5.81. The Hall–Kier alpha value is -2.59. The van der Waals surface area contributed by atoms with Gasteiger partial charge in [0.25, 0.3) is 0 Å². The van der Waals surface area contributed by atoms with Gasteiger partial charge in [0.2, 0.25) is 0 Å². The monoisotopic (exact) mass is 282 g/mol. The molecule has 0 fully saturated rings. The van der Waals surface area contributed by atoms with Crippen LogP contribution in [0.3, 0.4) is 0 Å². The highest BCUT2D eigenvalue weighted by atomic mass is 16.5. The SMILES string of the molecule is O=c1ccc2ccc(-c3ccc(OCCO)cc3)oc-2c1. The van der Waals surface area contributed by atoms with Crippen molar-refractivity contribution in [3.05, 3.63) is 64.8 Å². The molecule has 0 unspecified atom stereocenters. The summed E-state index contributed by atoms with van der Waals surface area (Å²) < 4.78 is 11.1. The highest BCUT2D eigenvalue weighted by molar-refractivity contribution is 5.65. The van der Waals surface area contributed by atoms with E-state index >= 15 is 0 Å². The first kappa shape index (κ1) is 13.4. The van der Waals surface area contributed by atoms with Gasteiger partial charge in [-0.1, -0.05) is 0 Å². The third-order valence-electron chi connectivity index (χ3n) is 3.12. The van der Waals surface area contributed by atoms with E-state index in [-0.39, 0.29) is 18.6 Å². The molecule has 2 aliphatic rings. The molecule has 1 aromatic carbocycles. The van der Waals surface area contributed by atoms with Crippen LogP contribution in [0.1, 0.15) is 0 Å². The van der Waals surface area contributed by atoms with E-state index < -0.39 is 0 Å². The molecule has 0 bridgehead atoms. The van der Waals surface area contributed by atoms with Gasteiger partial charge in [0.1, 0.15) is 23.9 Å². The van der Waals surface area contributed by atoms with Crippen molar-refractivity contribution in [2.45, 2.75) is 0 Å². The van der Waals surface area contributed by atoms with Crippen LogP contribution in [0, 0.1) is 0 Å². The quantitative estimate of drug-likeness (QED) is 0.799. The summed E-state index contributed by atoms with van der Waals surface area (Å²) in [6.07, 6.45) is 0. The Balaban J connectivity index is 1.93. The number of hydrogen-bond donors (Lipinski definition) is 1. The summed E-state index contributed by atoms with van der Waals surface area (Å²) in [7, 11) is 0. The second-order valence-electron chi connectivity index (χ2n) is 4.60.